The first kappa shape index (κ1) is 22.2. The van der Waals surface area contributed by atoms with Crippen molar-refractivity contribution in [2.45, 2.75) is 52.2 Å². The Hall–Kier alpha value is -2.51. The Labute approximate surface area is 179 Å². The molecule has 0 saturated carbocycles. The molecule has 1 aliphatic heterocycles. The zero-order valence-corrected chi connectivity index (χ0v) is 18.8. The summed E-state index contributed by atoms with van der Waals surface area (Å²) in [6, 6.07) is 10.9. The lowest BCUT2D eigenvalue weighted by molar-refractivity contribution is 0.00578. The number of anilines is 1. The lowest BCUT2D eigenvalue weighted by atomic mass is 9.75. The van der Waals surface area contributed by atoms with E-state index in [1.54, 1.807) is 32.4 Å². The highest BCUT2D eigenvalue weighted by Gasteiger charge is 2.52. The average molecular weight is 411 g/mol. The summed E-state index contributed by atoms with van der Waals surface area (Å²) < 4.78 is 23.0. The van der Waals surface area contributed by atoms with Gasteiger partial charge < -0.3 is 24.1 Å². The van der Waals surface area contributed by atoms with E-state index >= 15 is 0 Å². The van der Waals surface area contributed by atoms with E-state index in [0.29, 0.717) is 22.7 Å². The van der Waals surface area contributed by atoms with Crippen molar-refractivity contribution >= 4 is 24.2 Å². The number of carbonyl (C=O) groups is 1. The number of aryl methyl sites for hydroxylation is 1. The number of hydrogen-bond acceptors (Lipinski definition) is 5. The molecular formula is C23H30BNO5. The van der Waals surface area contributed by atoms with Crippen molar-refractivity contribution in [3.63, 3.8) is 0 Å². The van der Waals surface area contributed by atoms with Crippen molar-refractivity contribution in [1.29, 1.82) is 0 Å². The Balaban J connectivity index is 1.88. The molecule has 1 aliphatic rings. The fourth-order valence-corrected chi connectivity index (χ4v) is 3.33. The van der Waals surface area contributed by atoms with Crippen molar-refractivity contribution in [1.82, 2.24) is 0 Å². The predicted molar refractivity (Wildman–Crippen MR) is 119 cm³/mol. The maximum Gasteiger partial charge on any atom is 0.495 e. The zero-order chi connectivity index (χ0) is 22.1. The highest BCUT2D eigenvalue weighted by Crippen LogP contribution is 2.37. The molecule has 160 valence electrons. The average Bonchev–Trinajstić information content (AvgIpc) is 2.94. The van der Waals surface area contributed by atoms with Crippen molar-refractivity contribution in [2.24, 2.45) is 0 Å². The first-order valence-corrected chi connectivity index (χ1v) is 10.1. The third-order valence-electron chi connectivity index (χ3n) is 5.91. The van der Waals surface area contributed by atoms with Gasteiger partial charge in [-0.2, -0.15) is 0 Å². The van der Waals surface area contributed by atoms with Crippen LogP contribution in [0.25, 0.3) is 0 Å². The molecular weight excluding hydrogens is 381 g/mol. The Morgan fingerprint density at radius 2 is 1.53 bits per heavy atom. The van der Waals surface area contributed by atoms with Crippen LogP contribution < -0.4 is 20.3 Å². The molecule has 6 nitrogen and oxygen atoms in total. The number of amides is 1. The van der Waals surface area contributed by atoms with Crippen LogP contribution in [0.1, 0.15) is 50.5 Å². The highest BCUT2D eigenvalue weighted by atomic mass is 16.7. The van der Waals surface area contributed by atoms with Crippen LogP contribution >= 0.6 is 0 Å². The van der Waals surface area contributed by atoms with E-state index in [1.165, 1.54) is 0 Å². The minimum atomic E-state index is -0.487. The van der Waals surface area contributed by atoms with E-state index in [2.05, 4.69) is 12.2 Å². The van der Waals surface area contributed by atoms with Gasteiger partial charge in [0.1, 0.15) is 11.5 Å². The zero-order valence-electron chi connectivity index (χ0n) is 18.8. The number of benzene rings is 2. The lowest BCUT2D eigenvalue weighted by Crippen LogP contribution is -2.41. The van der Waals surface area contributed by atoms with Gasteiger partial charge in [0, 0.05) is 17.3 Å². The molecule has 0 radical (unpaired) electrons. The largest absolute Gasteiger partial charge is 0.497 e. The first-order chi connectivity index (χ1) is 14.1. The van der Waals surface area contributed by atoms with Gasteiger partial charge in [0.15, 0.2) is 0 Å². The quantitative estimate of drug-likeness (QED) is 0.733. The molecule has 0 atom stereocenters. The van der Waals surface area contributed by atoms with Crippen molar-refractivity contribution < 1.29 is 23.6 Å². The van der Waals surface area contributed by atoms with E-state index in [-0.39, 0.29) is 5.91 Å². The number of methoxy groups -OCH3 is 2. The Morgan fingerprint density at radius 1 is 0.967 bits per heavy atom. The van der Waals surface area contributed by atoms with Gasteiger partial charge in [0.05, 0.1) is 25.4 Å². The molecule has 2 aromatic carbocycles. The van der Waals surface area contributed by atoms with E-state index < -0.39 is 18.3 Å². The molecule has 1 N–H and O–H groups in total. The normalized spacial score (nSPS) is 17.0. The number of nitrogens with one attached hydrogen (secondary N) is 1. The predicted octanol–water partition coefficient (Wildman–Crippen LogP) is 3.82. The number of ether oxygens (including phenoxy) is 2. The second-order valence-electron chi connectivity index (χ2n) is 8.41. The van der Waals surface area contributed by atoms with Crippen LogP contribution in [-0.2, 0) is 15.7 Å². The molecule has 1 fully saturated rings. The third kappa shape index (κ3) is 4.32. The second-order valence-corrected chi connectivity index (χ2v) is 8.41. The van der Waals surface area contributed by atoms with Crippen molar-refractivity contribution in [3.8, 4) is 11.5 Å². The molecule has 0 bridgehead atoms. The minimum absolute atomic E-state index is 0.253. The molecule has 7 heteroatoms. The highest BCUT2D eigenvalue weighted by molar-refractivity contribution is 6.62. The van der Waals surface area contributed by atoms with Crippen LogP contribution in [0.15, 0.2) is 36.4 Å². The summed E-state index contributed by atoms with van der Waals surface area (Å²) in [5.41, 5.74) is 2.30. The second kappa shape index (κ2) is 8.32. The summed E-state index contributed by atoms with van der Waals surface area (Å²) in [7, 11) is 2.62. The summed E-state index contributed by atoms with van der Waals surface area (Å²) in [4.78, 5) is 12.9. The van der Waals surface area contributed by atoms with Crippen LogP contribution in [0.2, 0.25) is 0 Å². The maximum atomic E-state index is 12.9. The smallest absolute Gasteiger partial charge is 0.495 e. The Kier molecular flexibility index (Phi) is 6.15. The summed E-state index contributed by atoms with van der Waals surface area (Å²) in [6.07, 6.45) is 0.834. The topological polar surface area (TPSA) is 66.0 Å². The van der Waals surface area contributed by atoms with E-state index in [4.69, 9.17) is 18.8 Å². The fraction of sp³-hybridized carbons (Fsp3) is 0.435. The molecule has 0 spiro atoms. The Bertz CT molecular complexity index is 903. The molecule has 0 unspecified atom stereocenters. The summed E-state index contributed by atoms with van der Waals surface area (Å²) in [5.74, 6) is 0.855. The number of rotatable bonds is 6. The van der Waals surface area contributed by atoms with Gasteiger partial charge in [-0.1, -0.05) is 13.0 Å². The number of hydrogen-bond donors (Lipinski definition) is 1. The van der Waals surface area contributed by atoms with Gasteiger partial charge >= 0.3 is 7.12 Å². The Morgan fingerprint density at radius 3 is 2.03 bits per heavy atom. The molecule has 1 amide bonds. The number of carbonyl (C=O) groups excluding carboxylic acids is 1. The van der Waals surface area contributed by atoms with Gasteiger partial charge in [0.2, 0.25) is 0 Å². The van der Waals surface area contributed by atoms with Gasteiger partial charge in [-0.05, 0) is 69.4 Å². The first-order valence-electron chi connectivity index (χ1n) is 10.1. The summed E-state index contributed by atoms with van der Waals surface area (Å²) in [5, 5.41) is 2.96. The van der Waals surface area contributed by atoms with Gasteiger partial charge in [-0.3, -0.25) is 4.79 Å². The van der Waals surface area contributed by atoms with Gasteiger partial charge in [0.25, 0.3) is 5.91 Å². The van der Waals surface area contributed by atoms with Crippen LogP contribution in [0, 0.1) is 0 Å². The van der Waals surface area contributed by atoms with Crippen LogP contribution in [-0.4, -0.2) is 38.4 Å². The van der Waals surface area contributed by atoms with Crippen molar-refractivity contribution in [3.05, 3.63) is 47.5 Å². The molecule has 0 aliphatic carbocycles. The standard InChI is InChI=1S/C23H30BNO5/c1-8-15-9-10-17(13-20(15)24-29-22(2,3)23(4,5)30-24)25-21(26)16-11-18(27-6)14-19(12-16)28-7/h9-14H,8H2,1-7H3,(H,25,26). The maximum absolute atomic E-state index is 12.9. The van der Waals surface area contributed by atoms with Crippen LogP contribution in [0.4, 0.5) is 5.69 Å². The minimum Gasteiger partial charge on any atom is -0.497 e. The van der Waals surface area contributed by atoms with Crippen molar-refractivity contribution in [2.75, 3.05) is 19.5 Å². The lowest BCUT2D eigenvalue weighted by Gasteiger charge is -2.32. The van der Waals surface area contributed by atoms with Gasteiger partial charge in [-0.25, -0.2) is 0 Å². The van der Waals surface area contributed by atoms with E-state index in [1.807, 2.05) is 45.9 Å². The molecule has 0 aromatic heterocycles. The van der Waals surface area contributed by atoms with Crippen LogP contribution in [0.5, 0.6) is 11.5 Å². The monoisotopic (exact) mass is 411 g/mol. The fourth-order valence-electron chi connectivity index (χ4n) is 3.33. The molecule has 1 saturated heterocycles. The molecule has 3 rings (SSSR count). The molecule has 2 aromatic rings. The van der Waals surface area contributed by atoms with Gasteiger partial charge in [-0.15, -0.1) is 0 Å². The van der Waals surface area contributed by atoms with E-state index in [9.17, 15) is 4.79 Å². The van der Waals surface area contributed by atoms with Crippen LogP contribution in [0.3, 0.4) is 0 Å². The summed E-state index contributed by atoms with van der Waals surface area (Å²) >= 11 is 0. The molecule has 1 heterocycles. The summed E-state index contributed by atoms with van der Waals surface area (Å²) in [6.45, 7) is 10.2. The third-order valence-corrected chi connectivity index (χ3v) is 5.91. The SMILES string of the molecule is CCc1ccc(NC(=O)c2cc(OC)cc(OC)c2)cc1B1OC(C)(C)C(C)(C)O1. The van der Waals surface area contributed by atoms with E-state index in [0.717, 1.165) is 17.4 Å². The molecule has 30 heavy (non-hydrogen) atoms.